The number of pyridine rings is 4. The molecule has 2 aliphatic heterocycles. The molecule has 8 heterocycles. The van der Waals surface area contributed by atoms with Gasteiger partial charge in [-0.25, -0.2) is 49.5 Å². The smallest absolute Gasteiger partial charge is 0.410 e. The second-order valence-electron chi connectivity index (χ2n) is 20.3. The molecule has 20 heteroatoms. The number of anilines is 4. The van der Waals surface area contributed by atoms with Crippen LogP contribution in [0.3, 0.4) is 0 Å². The number of fused-ring (bicyclic) bond motifs is 2. The number of piperidine rings is 2. The maximum atomic E-state index is 12.6. The van der Waals surface area contributed by atoms with Crippen LogP contribution in [0.4, 0.5) is 32.6 Å². The summed E-state index contributed by atoms with van der Waals surface area (Å²) in [6.07, 6.45) is 9.24. The first-order valence-electron chi connectivity index (χ1n) is 25.0. The number of hydrogen-bond donors (Lipinski definition) is 2. The number of amides is 2. The summed E-state index contributed by atoms with van der Waals surface area (Å²) >= 11 is 12.9. The van der Waals surface area contributed by atoms with Crippen LogP contribution in [0, 0.1) is 0 Å². The largest absolute Gasteiger partial charge is 0.444 e. The van der Waals surface area contributed by atoms with Gasteiger partial charge in [-0.3, -0.25) is 0 Å². The van der Waals surface area contributed by atoms with Crippen LogP contribution in [0.2, 0.25) is 10.0 Å². The Morgan fingerprint density at radius 1 is 0.553 bits per heavy atom. The van der Waals surface area contributed by atoms with Gasteiger partial charge in [-0.2, -0.15) is 0 Å². The number of rotatable bonds is 10. The van der Waals surface area contributed by atoms with Crippen LogP contribution >= 0.6 is 23.2 Å². The molecule has 0 aliphatic carbocycles. The third kappa shape index (κ3) is 13.8. The molecule has 0 spiro atoms. The number of nitrogens with zero attached hydrogens (tertiary/aromatic N) is 10. The molecule has 0 saturated carbocycles. The summed E-state index contributed by atoms with van der Waals surface area (Å²) in [6, 6.07) is 29.9. The van der Waals surface area contributed by atoms with Crippen molar-refractivity contribution in [3.05, 3.63) is 144 Å². The van der Waals surface area contributed by atoms with Gasteiger partial charge in [0.15, 0.2) is 11.6 Å². The van der Waals surface area contributed by atoms with E-state index in [0.717, 1.165) is 37.1 Å². The van der Waals surface area contributed by atoms with Gasteiger partial charge in [0.2, 0.25) is 11.8 Å². The lowest BCUT2D eigenvalue weighted by molar-refractivity contribution is 0.0187. The first-order chi connectivity index (χ1) is 36.5. The number of carbonyl (C=O) groups is 2. The van der Waals surface area contributed by atoms with Crippen molar-refractivity contribution in [3.8, 4) is 23.3 Å². The molecule has 0 radical (unpaired) electrons. The molecule has 2 amide bonds. The van der Waals surface area contributed by atoms with Crippen LogP contribution in [0.25, 0.3) is 22.1 Å². The molecular weight excluding hydrogens is 1010 g/mol. The van der Waals surface area contributed by atoms with Gasteiger partial charge in [0, 0.05) is 49.4 Å². The number of para-hydroxylation sites is 2. The van der Waals surface area contributed by atoms with E-state index in [-0.39, 0.29) is 24.0 Å². The highest BCUT2D eigenvalue weighted by atomic mass is 35.5. The van der Waals surface area contributed by atoms with Crippen molar-refractivity contribution in [1.29, 1.82) is 0 Å². The van der Waals surface area contributed by atoms with Gasteiger partial charge < -0.3 is 39.4 Å². The minimum Gasteiger partial charge on any atom is -0.444 e. The first-order valence-corrected chi connectivity index (χ1v) is 25.8. The van der Waals surface area contributed by atoms with E-state index >= 15 is 0 Å². The van der Waals surface area contributed by atoms with Crippen molar-refractivity contribution >= 4 is 80.5 Å². The van der Waals surface area contributed by atoms with Crippen LogP contribution in [-0.2, 0) is 9.47 Å². The van der Waals surface area contributed by atoms with Crippen LogP contribution < -0.4 is 20.1 Å². The molecule has 76 heavy (non-hydrogen) atoms. The summed E-state index contributed by atoms with van der Waals surface area (Å²) in [5.41, 5.74) is 4.62. The average molecular weight is 1070 g/mol. The number of aromatic nitrogens is 8. The Hall–Kier alpha value is -7.96. The van der Waals surface area contributed by atoms with Gasteiger partial charge in [-0.15, -0.1) is 0 Å². The molecule has 18 nitrogen and oxygen atoms in total. The van der Waals surface area contributed by atoms with Crippen LogP contribution in [0.5, 0.6) is 23.3 Å². The van der Waals surface area contributed by atoms with E-state index in [1.165, 1.54) is 12.7 Å². The van der Waals surface area contributed by atoms with E-state index < -0.39 is 11.2 Å². The van der Waals surface area contributed by atoms with Crippen molar-refractivity contribution in [2.45, 2.75) is 90.3 Å². The van der Waals surface area contributed by atoms with Crippen LogP contribution in [0.1, 0.15) is 90.4 Å². The van der Waals surface area contributed by atoms with Crippen molar-refractivity contribution < 1.29 is 28.5 Å². The summed E-state index contributed by atoms with van der Waals surface area (Å²) < 4.78 is 22.7. The van der Waals surface area contributed by atoms with Gasteiger partial charge >= 0.3 is 12.2 Å². The monoisotopic (exact) mass is 1060 g/mol. The number of benzene rings is 2. The molecule has 1 unspecified atom stereocenters. The number of carbonyl (C=O) groups excluding carboxylic acids is 2. The Bertz CT molecular complexity index is 3110. The van der Waals surface area contributed by atoms with Crippen LogP contribution in [-0.4, -0.2) is 99.2 Å². The highest BCUT2D eigenvalue weighted by Crippen LogP contribution is 2.35. The third-order valence-electron chi connectivity index (χ3n) is 12.0. The standard InChI is InChI=1S/2C28H29ClN6O3/c2*1-28(2,3)38-27(36)35-13-7-8-18(16-35)22-11-12-23-24(34-22)25(32-17-31-23)33-19-14-21(29)26(30-15-19)37-20-9-5-4-6-10-20/h2*4-6,9-12,14-15,17-18H,7-8,13,16H2,1-3H3,(H,31,32,33)/t18-;/m1./s1. The molecule has 2 fully saturated rings. The second kappa shape index (κ2) is 23.3. The van der Waals surface area contributed by atoms with Crippen molar-refractivity contribution in [2.24, 2.45) is 0 Å². The molecule has 392 valence electrons. The van der Waals surface area contributed by atoms with E-state index in [0.29, 0.717) is 105 Å². The average Bonchev–Trinajstić information content (AvgIpc) is 3.42. The Morgan fingerprint density at radius 3 is 1.34 bits per heavy atom. The molecule has 2 saturated heterocycles. The molecule has 2 N–H and O–H groups in total. The van der Waals surface area contributed by atoms with E-state index in [2.05, 4.69) is 40.5 Å². The Balaban J connectivity index is 0.000000186. The van der Waals surface area contributed by atoms with Gasteiger partial charge in [-0.05, 0) is 128 Å². The molecule has 2 atom stereocenters. The van der Waals surface area contributed by atoms with E-state index in [9.17, 15) is 9.59 Å². The number of ether oxygens (including phenoxy) is 4. The van der Waals surface area contributed by atoms with E-state index in [1.54, 1.807) is 34.3 Å². The predicted molar refractivity (Wildman–Crippen MR) is 292 cm³/mol. The number of halogens is 2. The highest BCUT2D eigenvalue weighted by molar-refractivity contribution is 6.32. The molecular formula is C56H58Cl2N12O6. The second-order valence-corrected chi connectivity index (χ2v) is 21.1. The molecule has 0 bridgehead atoms. The fourth-order valence-corrected chi connectivity index (χ4v) is 8.99. The van der Waals surface area contributed by atoms with Crippen molar-refractivity contribution in [1.82, 2.24) is 49.7 Å². The minimum absolute atomic E-state index is 0.0826. The summed E-state index contributed by atoms with van der Waals surface area (Å²) in [4.78, 5) is 64.9. The highest BCUT2D eigenvalue weighted by Gasteiger charge is 2.31. The lowest BCUT2D eigenvalue weighted by Crippen LogP contribution is -2.42. The summed E-state index contributed by atoms with van der Waals surface area (Å²) in [5, 5.41) is 7.24. The maximum Gasteiger partial charge on any atom is 0.410 e. The van der Waals surface area contributed by atoms with E-state index in [4.69, 9.17) is 52.1 Å². The Kier molecular flexibility index (Phi) is 16.2. The Morgan fingerprint density at radius 2 is 0.961 bits per heavy atom. The van der Waals surface area contributed by atoms with Gasteiger partial charge in [-0.1, -0.05) is 59.6 Å². The molecule has 8 aromatic rings. The number of hydrogen-bond acceptors (Lipinski definition) is 16. The Labute approximate surface area is 450 Å². The zero-order valence-corrected chi connectivity index (χ0v) is 44.5. The quantitative estimate of drug-likeness (QED) is 0.131. The first kappa shape index (κ1) is 52.9. The predicted octanol–water partition coefficient (Wildman–Crippen LogP) is 13.4. The van der Waals surface area contributed by atoms with Gasteiger partial charge in [0.05, 0.1) is 34.8 Å². The number of likely N-dealkylation sites (tertiary alicyclic amines) is 2. The fourth-order valence-electron chi connectivity index (χ4n) is 8.58. The number of nitrogens with one attached hydrogen (secondary N) is 2. The molecule has 10 rings (SSSR count). The van der Waals surface area contributed by atoms with Crippen LogP contribution in [0.15, 0.2) is 122 Å². The topological polar surface area (TPSA) is 205 Å². The molecule has 2 aliphatic rings. The molecule has 6 aromatic heterocycles. The lowest BCUT2D eigenvalue weighted by atomic mass is 9.94. The zero-order valence-electron chi connectivity index (χ0n) is 43.0. The molecule has 2 aromatic carbocycles. The third-order valence-corrected chi connectivity index (χ3v) is 12.6. The summed E-state index contributed by atoms with van der Waals surface area (Å²) in [5.74, 6) is 3.14. The zero-order chi connectivity index (χ0) is 53.4. The van der Waals surface area contributed by atoms with Crippen molar-refractivity contribution in [2.75, 3.05) is 36.8 Å². The van der Waals surface area contributed by atoms with Gasteiger partial charge in [0.25, 0.3) is 0 Å². The van der Waals surface area contributed by atoms with Crippen molar-refractivity contribution in [3.63, 3.8) is 0 Å². The summed E-state index contributed by atoms with van der Waals surface area (Å²) in [6.45, 7) is 13.7. The fraction of sp³-hybridized carbons (Fsp3) is 0.321. The summed E-state index contributed by atoms with van der Waals surface area (Å²) in [7, 11) is 0. The maximum absolute atomic E-state index is 12.6. The normalized spacial score (nSPS) is 15.8. The minimum atomic E-state index is -0.535. The SMILES string of the molecule is CC(C)(C)OC(=O)N1CCCC(c2ccc3ncnc(Nc4cnc(Oc5ccccc5)c(Cl)c4)c3n2)C1.CC(C)(C)OC(=O)N1CCC[C@@H](c2ccc3ncnc(Nc4cnc(Oc5ccccc5)c(Cl)c4)c3n2)C1. The van der Waals surface area contributed by atoms with E-state index in [1.807, 2.05) is 126 Å². The van der Waals surface area contributed by atoms with Gasteiger partial charge in [0.1, 0.15) is 56.4 Å². The lowest BCUT2D eigenvalue weighted by Gasteiger charge is -2.34.